The largest absolute Gasteiger partial charge is 0.476 e. The topological polar surface area (TPSA) is 71.2 Å². The highest BCUT2D eigenvalue weighted by Crippen LogP contribution is 2.15. The summed E-state index contributed by atoms with van der Waals surface area (Å²) >= 11 is 0. The zero-order valence-electron chi connectivity index (χ0n) is 10.7. The number of likely N-dealkylation sites (tertiary alicyclic amines) is 1. The molecule has 0 bridgehead atoms. The van der Waals surface area contributed by atoms with Gasteiger partial charge in [-0.25, -0.2) is 4.79 Å². The SMILES string of the molecule is CC1CCCCCN1CCn1cc(C(=O)O)nn1. The van der Waals surface area contributed by atoms with E-state index in [1.807, 2.05) is 0 Å². The van der Waals surface area contributed by atoms with Crippen LogP contribution in [0.2, 0.25) is 0 Å². The van der Waals surface area contributed by atoms with Crippen molar-refractivity contribution in [2.75, 3.05) is 13.1 Å². The van der Waals surface area contributed by atoms with Gasteiger partial charge in [0.2, 0.25) is 0 Å². The summed E-state index contributed by atoms with van der Waals surface area (Å²) in [7, 11) is 0. The molecule has 6 heteroatoms. The van der Waals surface area contributed by atoms with E-state index >= 15 is 0 Å². The van der Waals surface area contributed by atoms with Gasteiger partial charge >= 0.3 is 5.97 Å². The molecular weight excluding hydrogens is 232 g/mol. The molecule has 0 aromatic carbocycles. The van der Waals surface area contributed by atoms with Crippen molar-refractivity contribution < 1.29 is 9.90 Å². The molecule has 100 valence electrons. The molecule has 2 rings (SSSR count). The number of hydrogen-bond acceptors (Lipinski definition) is 4. The van der Waals surface area contributed by atoms with Crippen molar-refractivity contribution in [2.45, 2.75) is 45.2 Å². The van der Waals surface area contributed by atoms with E-state index < -0.39 is 5.97 Å². The molecule has 1 aliphatic heterocycles. The second-order valence-corrected chi connectivity index (χ2v) is 4.91. The lowest BCUT2D eigenvalue weighted by molar-refractivity contribution is 0.0690. The zero-order chi connectivity index (χ0) is 13.0. The fourth-order valence-electron chi connectivity index (χ4n) is 2.40. The number of aromatic carboxylic acids is 1. The Kier molecular flexibility index (Phi) is 4.30. The van der Waals surface area contributed by atoms with Crippen molar-refractivity contribution in [3.63, 3.8) is 0 Å². The minimum absolute atomic E-state index is 0.0129. The summed E-state index contributed by atoms with van der Waals surface area (Å²) in [6.45, 7) is 4.99. The number of hydrogen-bond donors (Lipinski definition) is 1. The fourth-order valence-corrected chi connectivity index (χ4v) is 2.40. The predicted molar refractivity (Wildman–Crippen MR) is 66.5 cm³/mol. The summed E-state index contributed by atoms with van der Waals surface area (Å²) in [4.78, 5) is 13.1. The first kappa shape index (κ1) is 13.0. The van der Waals surface area contributed by atoms with Crippen molar-refractivity contribution in [2.24, 2.45) is 0 Å². The highest BCUT2D eigenvalue weighted by Gasteiger charge is 2.16. The normalized spacial score (nSPS) is 21.7. The van der Waals surface area contributed by atoms with Gasteiger partial charge in [0.25, 0.3) is 0 Å². The van der Waals surface area contributed by atoms with Crippen LogP contribution in [0.3, 0.4) is 0 Å². The first-order chi connectivity index (χ1) is 8.66. The van der Waals surface area contributed by atoms with Crippen molar-refractivity contribution in [3.05, 3.63) is 11.9 Å². The summed E-state index contributed by atoms with van der Waals surface area (Å²) in [6, 6.07) is 0.606. The van der Waals surface area contributed by atoms with Gasteiger partial charge in [-0.1, -0.05) is 18.1 Å². The van der Waals surface area contributed by atoms with Gasteiger partial charge in [0.05, 0.1) is 12.7 Å². The molecule has 0 amide bonds. The van der Waals surface area contributed by atoms with Crippen molar-refractivity contribution in [1.82, 2.24) is 19.9 Å². The average Bonchev–Trinajstić information content (AvgIpc) is 2.72. The number of carbonyl (C=O) groups is 1. The molecule has 2 heterocycles. The third kappa shape index (κ3) is 3.29. The van der Waals surface area contributed by atoms with Gasteiger partial charge in [-0.05, 0) is 26.3 Å². The quantitative estimate of drug-likeness (QED) is 0.873. The van der Waals surface area contributed by atoms with E-state index in [-0.39, 0.29) is 5.69 Å². The highest BCUT2D eigenvalue weighted by atomic mass is 16.4. The standard InChI is InChI=1S/C12H20N4O2/c1-10-5-3-2-4-6-15(10)7-8-16-9-11(12(17)18)13-14-16/h9-10H,2-8H2,1H3,(H,17,18). The Morgan fingerprint density at radius 3 is 3.00 bits per heavy atom. The van der Waals surface area contributed by atoms with Crippen LogP contribution in [-0.2, 0) is 6.54 Å². The van der Waals surface area contributed by atoms with Crippen LogP contribution in [0.4, 0.5) is 0 Å². The molecular formula is C12H20N4O2. The number of aromatic nitrogens is 3. The predicted octanol–water partition coefficient (Wildman–Crippen LogP) is 1.24. The minimum atomic E-state index is -1.02. The summed E-state index contributed by atoms with van der Waals surface area (Å²) in [5, 5.41) is 16.2. The van der Waals surface area contributed by atoms with E-state index in [2.05, 4.69) is 22.1 Å². The molecule has 1 saturated heterocycles. The first-order valence-electron chi connectivity index (χ1n) is 6.54. The second kappa shape index (κ2) is 5.95. The van der Waals surface area contributed by atoms with Crippen LogP contribution in [0, 0.1) is 0 Å². The molecule has 0 saturated carbocycles. The van der Waals surface area contributed by atoms with Crippen LogP contribution < -0.4 is 0 Å². The molecule has 1 unspecified atom stereocenters. The Morgan fingerprint density at radius 2 is 2.28 bits per heavy atom. The minimum Gasteiger partial charge on any atom is -0.476 e. The molecule has 0 radical (unpaired) electrons. The van der Waals surface area contributed by atoms with Gasteiger partial charge in [0, 0.05) is 12.6 Å². The van der Waals surface area contributed by atoms with Gasteiger partial charge in [-0.15, -0.1) is 5.10 Å². The van der Waals surface area contributed by atoms with E-state index in [4.69, 9.17) is 5.11 Å². The van der Waals surface area contributed by atoms with E-state index in [0.29, 0.717) is 12.6 Å². The van der Waals surface area contributed by atoms with Gasteiger partial charge < -0.3 is 5.11 Å². The molecule has 1 aliphatic rings. The third-order valence-corrected chi connectivity index (χ3v) is 3.56. The van der Waals surface area contributed by atoms with E-state index in [9.17, 15) is 4.79 Å². The maximum atomic E-state index is 10.7. The Morgan fingerprint density at radius 1 is 1.44 bits per heavy atom. The lowest BCUT2D eigenvalue weighted by Gasteiger charge is -2.26. The first-order valence-corrected chi connectivity index (χ1v) is 6.54. The van der Waals surface area contributed by atoms with Crippen LogP contribution in [0.15, 0.2) is 6.20 Å². The number of nitrogens with zero attached hydrogens (tertiary/aromatic N) is 4. The Balaban J connectivity index is 1.87. The molecule has 1 N–H and O–H groups in total. The summed E-state index contributed by atoms with van der Waals surface area (Å²) in [6.07, 6.45) is 6.61. The third-order valence-electron chi connectivity index (χ3n) is 3.56. The number of rotatable bonds is 4. The van der Waals surface area contributed by atoms with Gasteiger partial charge in [-0.3, -0.25) is 9.58 Å². The van der Waals surface area contributed by atoms with Crippen LogP contribution in [0.5, 0.6) is 0 Å². The maximum Gasteiger partial charge on any atom is 0.358 e. The van der Waals surface area contributed by atoms with Crippen LogP contribution in [0.1, 0.15) is 43.1 Å². The van der Waals surface area contributed by atoms with Gasteiger partial charge in [-0.2, -0.15) is 0 Å². The van der Waals surface area contributed by atoms with Gasteiger partial charge in [0.15, 0.2) is 5.69 Å². The monoisotopic (exact) mass is 252 g/mol. The molecule has 18 heavy (non-hydrogen) atoms. The second-order valence-electron chi connectivity index (χ2n) is 4.91. The Hall–Kier alpha value is -1.43. The van der Waals surface area contributed by atoms with E-state index in [1.165, 1.54) is 31.9 Å². The Bertz CT molecular complexity index is 405. The van der Waals surface area contributed by atoms with Crippen molar-refractivity contribution in [3.8, 4) is 0 Å². The van der Waals surface area contributed by atoms with Crippen LogP contribution >= 0.6 is 0 Å². The van der Waals surface area contributed by atoms with E-state index in [0.717, 1.165) is 13.1 Å². The van der Waals surface area contributed by atoms with Crippen LogP contribution in [0.25, 0.3) is 0 Å². The molecule has 1 atom stereocenters. The molecule has 0 spiro atoms. The average molecular weight is 252 g/mol. The summed E-state index contributed by atoms with van der Waals surface area (Å²) in [5.74, 6) is -1.02. The lowest BCUT2D eigenvalue weighted by Crippen LogP contribution is -2.35. The summed E-state index contributed by atoms with van der Waals surface area (Å²) in [5.41, 5.74) is 0.0129. The molecule has 6 nitrogen and oxygen atoms in total. The number of carboxylic acids is 1. The van der Waals surface area contributed by atoms with Crippen LogP contribution in [-0.4, -0.2) is 50.1 Å². The molecule has 1 aromatic heterocycles. The fraction of sp³-hybridized carbons (Fsp3) is 0.750. The molecule has 0 aliphatic carbocycles. The van der Waals surface area contributed by atoms with E-state index in [1.54, 1.807) is 4.68 Å². The summed E-state index contributed by atoms with van der Waals surface area (Å²) < 4.78 is 1.61. The number of carboxylic acid groups (broad SMARTS) is 1. The Labute approximate surface area is 107 Å². The van der Waals surface area contributed by atoms with Crippen molar-refractivity contribution >= 4 is 5.97 Å². The molecule has 1 aromatic rings. The van der Waals surface area contributed by atoms with Gasteiger partial charge in [0.1, 0.15) is 0 Å². The lowest BCUT2D eigenvalue weighted by atomic mass is 10.1. The maximum absolute atomic E-state index is 10.7. The highest BCUT2D eigenvalue weighted by molar-refractivity contribution is 5.84. The molecule has 1 fully saturated rings. The zero-order valence-corrected chi connectivity index (χ0v) is 10.7. The smallest absolute Gasteiger partial charge is 0.358 e. The van der Waals surface area contributed by atoms with Crippen molar-refractivity contribution in [1.29, 1.82) is 0 Å².